The third-order valence-electron chi connectivity index (χ3n) is 2.41. The largest absolute Gasteiger partial charge is 0.394 e. The van der Waals surface area contributed by atoms with Gasteiger partial charge in [-0.15, -0.1) is 0 Å². The molecule has 0 bridgehead atoms. The van der Waals surface area contributed by atoms with Gasteiger partial charge in [-0.3, -0.25) is 0 Å². The highest BCUT2D eigenvalue weighted by Gasteiger charge is 2.47. The predicted octanol–water partition coefficient (Wildman–Crippen LogP) is 0.391. The van der Waals surface area contributed by atoms with E-state index in [1.165, 1.54) is 0 Å². The quantitative estimate of drug-likeness (QED) is 0.679. The number of aliphatic hydroxyl groups excluding tert-OH is 1. The normalized spacial score (nSPS) is 40.6. The Labute approximate surface area is 80.4 Å². The van der Waals surface area contributed by atoms with Gasteiger partial charge in [0.15, 0.2) is 0 Å². The minimum atomic E-state index is -0.420. The Morgan fingerprint density at radius 1 is 1.69 bits per heavy atom. The van der Waals surface area contributed by atoms with Crippen molar-refractivity contribution in [2.45, 2.75) is 24.7 Å². The lowest BCUT2D eigenvalue weighted by atomic mass is 9.99. The van der Waals surface area contributed by atoms with Gasteiger partial charge < -0.3 is 19.1 Å². The fourth-order valence-corrected chi connectivity index (χ4v) is 2.14. The maximum atomic E-state index is 9.03. The van der Waals surface area contributed by atoms with E-state index in [-0.39, 0.29) is 18.8 Å². The maximum absolute atomic E-state index is 9.03. The predicted molar refractivity (Wildman–Crippen MR) is 51.4 cm³/mol. The third-order valence-corrected chi connectivity index (χ3v) is 2.90. The molecule has 1 N–H and O–H groups in total. The average molecular weight is 208 g/mol. The van der Waals surface area contributed by atoms with E-state index in [9.17, 15) is 0 Å². The highest BCUT2D eigenvalue weighted by Crippen LogP contribution is 2.33. The molecule has 0 amide bonds. The van der Waals surface area contributed by atoms with Gasteiger partial charge in [-0.25, -0.2) is 0 Å². The molecule has 4 nitrogen and oxygen atoms in total. The summed E-state index contributed by atoms with van der Waals surface area (Å²) in [5.74, 6) is 0. The van der Waals surface area contributed by atoms with Crippen LogP contribution >= 0.6 is 8.81 Å². The molecule has 0 aromatic rings. The van der Waals surface area contributed by atoms with Crippen LogP contribution < -0.4 is 0 Å². The third kappa shape index (κ3) is 2.20. The van der Waals surface area contributed by atoms with Crippen molar-refractivity contribution >= 4 is 8.81 Å². The molecule has 1 fully saturated rings. The molecule has 4 atom stereocenters. The first-order valence-corrected chi connectivity index (χ1v) is 5.68. The molecule has 0 radical (unpaired) electrons. The van der Waals surface area contributed by atoms with E-state index < -0.39 is 5.60 Å². The van der Waals surface area contributed by atoms with Crippen molar-refractivity contribution in [3.05, 3.63) is 0 Å². The standard InChI is InChI=1S/C8H17O4P/c1-8(10-2)5-11-6(4-9)7(8)12-13-3/h6-7,9,13H,4-5H2,1-3H3. The van der Waals surface area contributed by atoms with Gasteiger partial charge in [0.25, 0.3) is 0 Å². The number of hydrogen-bond acceptors (Lipinski definition) is 4. The first kappa shape index (κ1) is 11.3. The number of methoxy groups -OCH3 is 1. The van der Waals surface area contributed by atoms with Crippen LogP contribution in [0.4, 0.5) is 0 Å². The van der Waals surface area contributed by atoms with Gasteiger partial charge in [0.05, 0.1) is 13.2 Å². The molecule has 1 aliphatic rings. The number of ether oxygens (including phenoxy) is 2. The topological polar surface area (TPSA) is 47.9 Å². The molecule has 4 unspecified atom stereocenters. The van der Waals surface area contributed by atoms with E-state index >= 15 is 0 Å². The highest BCUT2D eigenvalue weighted by atomic mass is 31.1. The van der Waals surface area contributed by atoms with Gasteiger partial charge in [-0.2, -0.15) is 0 Å². The van der Waals surface area contributed by atoms with Gasteiger partial charge in [-0.1, -0.05) is 0 Å². The van der Waals surface area contributed by atoms with Crippen LogP contribution in [0.25, 0.3) is 0 Å². The SMILES string of the molecule is COC1(C)COC(CO)C1OPC. The van der Waals surface area contributed by atoms with Crippen LogP contribution in [-0.4, -0.2) is 49.9 Å². The lowest BCUT2D eigenvalue weighted by Crippen LogP contribution is -2.44. The number of aliphatic hydroxyl groups is 1. The number of hydrogen-bond donors (Lipinski definition) is 1. The van der Waals surface area contributed by atoms with Gasteiger partial charge >= 0.3 is 0 Å². The van der Waals surface area contributed by atoms with Crippen LogP contribution in [0.1, 0.15) is 6.92 Å². The molecule has 0 aromatic carbocycles. The molecule has 5 heteroatoms. The molecule has 0 saturated carbocycles. The Hall–Kier alpha value is 0.270. The molecule has 1 saturated heterocycles. The van der Waals surface area contributed by atoms with Crippen molar-refractivity contribution in [2.75, 3.05) is 27.0 Å². The second-order valence-electron chi connectivity index (χ2n) is 3.29. The van der Waals surface area contributed by atoms with Gasteiger partial charge in [-0.05, 0) is 13.6 Å². The Morgan fingerprint density at radius 2 is 2.38 bits per heavy atom. The molecule has 1 heterocycles. The maximum Gasteiger partial charge on any atom is 0.121 e. The van der Waals surface area contributed by atoms with E-state index in [2.05, 4.69) is 0 Å². The monoisotopic (exact) mass is 208 g/mol. The Kier molecular flexibility index (Phi) is 4.07. The molecule has 1 aliphatic heterocycles. The first-order chi connectivity index (χ1) is 6.18. The smallest absolute Gasteiger partial charge is 0.121 e. The summed E-state index contributed by atoms with van der Waals surface area (Å²) in [4.78, 5) is 0. The van der Waals surface area contributed by atoms with E-state index in [1.807, 2.05) is 13.6 Å². The van der Waals surface area contributed by atoms with Crippen LogP contribution in [0.2, 0.25) is 0 Å². The van der Waals surface area contributed by atoms with E-state index in [0.29, 0.717) is 15.4 Å². The zero-order chi connectivity index (χ0) is 9.90. The molecule has 0 spiro atoms. The molecular formula is C8H17O4P. The molecule has 13 heavy (non-hydrogen) atoms. The minimum absolute atomic E-state index is 0.0197. The van der Waals surface area contributed by atoms with Crippen LogP contribution in [0.15, 0.2) is 0 Å². The highest BCUT2D eigenvalue weighted by molar-refractivity contribution is 7.31. The summed E-state index contributed by atoms with van der Waals surface area (Å²) >= 11 is 0. The fraction of sp³-hybridized carbons (Fsp3) is 1.00. The minimum Gasteiger partial charge on any atom is -0.394 e. The summed E-state index contributed by atoms with van der Waals surface area (Å²) in [6.07, 6.45) is -0.414. The van der Waals surface area contributed by atoms with E-state index in [4.69, 9.17) is 19.1 Å². The molecule has 0 aliphatic carbocycles. The van der Waals surface area contributed by atoms with Crippen LogP contribution in [0.5, 0.6) is 0 Å². The van der Waals surface area contributed by atoms with E-state index in [1.54, 1.807) is 7.11 Å². The van der Waals surface area contributed by atoms with E-state index in [0.717, 1.165) is 0 Å². The average Bonchev–Trinajstić information content (AvgIpc) is 2.46. The summed E-state index contributed by atoms with van der Waals surface area (Å²) in [5, 5.41) is 9.03. The van der Waals surface area contributed by atoms with Crippen molar-refractivity contribution < 1.29 is 19.1 Å². The Balaban J connectivity index is 2.66. The lowest BCUT2D eigenvalue weighted by Gasteiger charge is -2.29. The van der Waals surface area contributed by atoms with Gasteiger partial charge in [0, 0.05) is 15.9 Å². The second kappa shape index (κ2) is 4.67. The van der Waals surface area contributed by atoms with Crippen LogP contribution in [-0.2, 0) is 14.0 Å². The van der Waals surface area contributed by atoms with Crippen molar-refractivity contribution in [1.82, 2.24) is 0 Å². The summed E-state index contributed by atoms with van der Waals surface area (Å²) in [7, 11) is 2.02. The second-order valence-corrected chi connectivity index (χ2v) is 3.94. The summed E-state index contributed by atoms with van der Waals surface area (Å²) in [6, 6.07) is 0. The van der Waals surface area contributed by atoms with Gasteiger partial charge in [0.2, 0.25) is 0 Å². The summed E-state index contributed by atoms with van der Waals surface area (Å²) in [6.45, 7) is 4.34. The summed E-state index contributed by atoms with van der Waals surface area (Å²) < 4.78 is 16.2. The number of rotatable bonds is 4. The van der Waals surface area contributed by atoms with Crippen molar-refractivity contribution in [3.8, 4) is 0 Å². The summed E-state index contributed by atoms with van der Waals surface area (Å²) in [5.41, 5.74) is -0.420. The van der Waals surface area contributed by atoms with Crippen LogP contribution in [0, 0.1) is 0 Å². The zero-order valence-corrected chi connectivity index (χ0v) is 9.24. The Morgan fingerprint density at radius 3 is 2.85 bits per heavy atom. The Bertz CT molecular complexity index is 166. The lowest BCUT2D eigenvalue weighted by molar-refractivity contribution is -0.0532. The van der Waals surface area contributed by atoms with Crippen LogP contribution in [0.3, 0.4) is 0 Å². The molecular weight excluding hydrogens is 191 g/mol. The van der Waals surface area contributed by atoms with Gasteiger partial charge in [0.1, 0.15) is 17.8 Å². The van der Waals surface area contributed by atoms with Crippen molar-refractivity contribution in [3.63, 3.8) is 0 Å². The van der Waals surface area contributed by atoms with Crippen molar-refractivity contribution in [2.24, 2.45) is 0 Å². The zero-order valence-electron chi connectivity index (χ0n) is 8.24. The molecule has 78 valence electrons. The molecule has 1 rings (SSSR count). The fourth-order valence-electron chi connectivity index (χ4n) is 1.49. The molecule has 0 aromatic heterocycles. The first-order valence-electron chi connectivity index (χ1n) is 4.28. The van der Waals surface area contributed by atoms with Crippen molar-refractivity contribution in [1.29, 1.82) is 0 Å².